The first-order valence-electron chi connectivity index (χ1n) is 6.44. The normalized spacial score (nSPS) is 10.8. The molecule has 3 rings (SSSR count). The highest BCUT2D eigenvalue weighted by molar-refractivity contribution is 6.31. The first-order valence-corrected chi connectivity index (χ1v) is 6.81. The fraction of sp³-hybridized carbons (Fsp3) is 0.0625. The number of halogens is 2. The number of aromatic nitrogens is 2. The number of hydrogen-bond donors (Lipinski definition) is 1. The van der Waals surface area contributed by atoms with Gasteiger partial charge in [0.15, 0.2) is 0 Å². The molecular formula is C16H13ClFN3. The Hall–Kier alpha value is -2.33. The summed E-state index contributed by atoms with van der Waals surface area (Å²) in [5.41, 5.74) is 9.27. The summed E-state index contributed by atoms with van der Waals surface area (Å²) < 4.78 is 15.0. The van der Waals surface area contributed by atoms with Crippen molar-refractivity contribution in [1.29, 1.82) is 0 Å². The van der Waals surface area contributed by atoms with Gasteiger partial charge in [-0.25, -0.2) is 9.07 Å². The fourth-order valence-corrected chi connectivity index (χ4v) is 2.37. The number of anilines is 1. The van der Waals surface area contributed by atoms with Crippen LogP contribution in [-0.2, 0) is 0 Å². The van der Waals surface area contributed by atoms with Crippen molar-refractivity contribution in [2.24, 2.45) is 0 Å². The Labute approximate surface area is 126 Å². The van der Waals surface area contributed by atoms with Crippen LogP contribution in [-0.4, -0.2) is 9.78 Å². The summed E-state index contributed by atoms with van der Waals surface area (Å²) in [4.78, 5) is 0. The molecule has 3 aromatic rings. The van der Waals surface area contributed by atoms with Crippen LogP contribution in [0.15, 0.2) is 48.5 Å². The number of hydrogen-bond acceptors (Lipinski definition) is 2. The molecule has 21 heavy (non-hydrogen) atoms. The molecule has 0 atom stereocenters. The molecule has 0 aliphatic carbocycles. The lowest BCUT2D eigenvalue weighted by Crippen LogP contribution is -2.01. The second kappa shape index (κ2) is 5.22. The van der Waals surface area contributed by atoms with Gasteiger partial charge in [-0.3, -0.25) is 0 Å². The standard InChI is InChI=1S/C16H13ClFN3/c1-10-15(11-7-8-14(18)13(17)9-11)20-21(16(10)19)12-5-3-2-4-6-12/h2-9H,19H2,1H3. The first kappa shape index (κ1) is 13.6. The topological polar surface area (TPSA) is 43.8 Å². The van der Waals surface area contributed by atoms with Gasteiger partial charge in [-0.2, -0.15) is 5.10 Å². The van der Waals surface area contributed by atoms with E-state index >= 15 is 0 Å². The summed E-state index contributed by atoms with van der Waals surface area (Å²) in [6, 6.07) is 14.1. The average molecular weight is 302 g/mol. The van der Waals surface area contributed by atoms with Crippen molar-refractivity contribution in [1.82, 2.24) is 9.78 Å². The Kier molecular flexibility index (Phi) is 3.39. The molecule has 0 saturated heterocycles. The number of para-hydroxylation sites is 1. The van der Waals surface area contributed by atoms with Gasteiger partial charge in [-0.05, 0) is 37.3 Å². The van der Waals surface area contributed by atoms with E-state index in [-0.39, 0.29) is 5.02 Å². The molecule has 2 N–H and O–H groups in total. The van der Waals surface area contributed by atoms with Crippen LogP contribution < -0.4 is 5.73 Å². The van der Waals surface area contributed by atoms with Gasteiger partial charge < -0.3 is 5.73 Å². The lowest BCUT2D eigenvalue weighted by molar-refractivity contribution is 0.628. The van der Waals surface area contributed by atoms with Gasteiger partial charge >= 0.3 is 0 Å². The van der Waals surface area contributed by atoms with Crippen LogP contribution >= 0.6 is 11.6 Å². The third kappa shape index (κ3) is 2.38. The Balaban J connectivity index is 2.15. The van der Waals surface area contributed by atoms with E-state index in [0.29, 0.717) is 11.5 Å². The Morgan fingerprint density at radius 2 is 1.86 bits per heavy atom. The van der Waals surface area contributed by atoms with Gasteiger partial charge in [0.2, 0.25) is 0 Å². The number of nitrogens with two attached hydrogens (primary N) is 1. The number of benzene rings is 2. The predicted octanol–water partition coefficient (Wildman–Crippen LogP) is 4.22. The summed E-state index contributed by atoms with van der Waals surface area (Å²) in [5.74, 6) is 0.102. The molecule has 2 aromatic carbocycles. The molecule has 0 saturated carbocycles. The molecule has 0 spiro atoms. The molecule has 0 aliphatic rings. The van der Waals surface area contributed by atoms with Crippen LogP contribution in [0.1, 0.15) is 5.56 Å². The van der Waals surface area contributed by atoms with E-state index in [0.717, 1.165) is 16.8 Å². The molecule has 106 valence electrons. The molecule has 0 unspecified atom stereocenters. The van der Waals surface area contributed by atoms with Gasteiger partial charge in [0.05, 0.1) is 16.4 Å². The van der Waals surface area contributed by atoms with Crippen LogP contribution in [0.5, 0.6) is 0 Å². The maximum Gasteiger partial charge on any atom is 0.141 e. The summed E-state index contributed by atoms with van der Waals surface area (Å²) in [6.07, 6.45) is 0. The number of nitrogens with zero attached hydrogens (tertiary/aromatic N) is 2. The van der Waals surface area contributed by atoms with Gasteiger partial charge in [0, 0.05) is 11.1 Å². The third-order valence-corrected chi connectivity index (χ3v) is 3.65. The van der Waals surface area contributed by atoms with Crippen molar-refractivity contribution in [3.05, 3.63) is 64.9 Å². The minimum Gasteiger partial charge on any atom is -0.383 e. The number of nitrogen functional groups attached to an aromatic ring is 1. The fourth-order valence-electron chi connectivity index (χ4n) is 2.19. The zero-order valence-corrected chi connectivity index (χ0v) is 12.1. The molecule has 0 bridgehead atoms. The van der Waals surface area contributed by atoms with Gasteiger partial charge in [-0.15, -0.1) is 0 Å². The molecular weight excluding hydrogens is 289 g/mol. The van der Waals surface area contributed by atoms with Crippen molar-refractivity contribution >= 4 is 17.4 Å². The van der Waals surface area contributed by atoms with Gasteiger partial charge in [-0.1, -0.05) is 29.8 Å². The largest absolute Gasteiger partial charge is 0.383 e. The maximum absolute atomic E-state index is 13.3. The predicted molar refractivity (Wildman–Crippen MR) is 83.1 cm³/mol. The summed E-state index contributed by atoms with van der Waals surface area (Å²) in [6.45, 7) is 1.88. The van der Waals surface area contributed by atoms with E-state index in [2.05, 4.69) is 5.10 Å². The van der Waals surface area contributed by atoms with Crippen molar-refractivity contribution in [3.63, 3.8) is 0 Å². The summed E-state index contributed by atoms with van der Waals surface area (Å²) in [7, 11) is 0. The monoisotopic (exact) mass is 301 g/mol. The SMILES string of the molecule is Cc1c(-c2ccc(F)c(Cl)c2)nn(-c2ccccc2)c1N. The first-order chi connectivity index (χ1) is 10.1. The van der Waals surface area contributed by atoms with E-state index in [9.17, 15) is 4.39 Å². The highest BCUT2D eigenvalue weighted by Gasteiger charge is 2.15. The molecule has 1 heterocycles. The van der Waals surface area contributed by atoms with Crippen molar-refractivity contribution in [2.45, 2.75) is 6.92 Å². The second-order valence-corrected chi connectivity index (χ2v) is 5.14. The molecule has 0 aliphatic heterocycles. The second-order valence-electron chi connectivity index (χ2n) is 4.74. The molecule has 5 heteroatoms. The lowest BCUT2D eigenvalue weighted by Gasteiger charge is -2.03. The maximum atomic E-state index is 13.3. The van der Waals surface area contributed by atoms with E-state index < -0.39 is 5.82 Å². The minimum atomic E-state index is -0.450. The van der Waals surface area contributed by atoms with Crippen LogP contribution in [0.2, 0.25) is 5.02 Å². The van der Waals surface area contributed by atoms with E-state index in [4.69, 9.17) is 17.3 Å². The average Bonchev–Trinajstić information content (AvgIpc) is 2.79. The molecule has 0 fully saturated rings. The van der Waals surface area contributed by atoms with Crippen molar-refractivity contribution in [3.8, 4) is 16.9 Å². The number of rotatable bonds is 2. The summed E-state index contributed by atoms with van der Waals surface area (Å²) >= 11 is 5.84. The zero-order chi connectivity index (χ0) is 15.0. The van der Waals surface area contributed by atoms with E-state index in [1.807, 2.05) is 37.3 Å². The van der Waals surface area contributed by atoms with Gasteiger partial charge in [0.25, 0.3) is 0 Å². The molecule has 0 radical (unpaired) electrons. The van der Waals surface area contributed by atoms with Crippen LogP contribution in [0.25, 0.3) is 16.9 Å². The molecule has 0 amide bonds. The Morgan fingerprint density at radius 3 is 2.52 bits per heavy atom. The summed E-state index contributed by atoms with van der Waals surface area (Å²) in [5, 5.41) is 4.60. The van der Waals surface area contributed by atoms with Crippen LogP contribution in [0, 0.1) is 12.7 Å². The lowest BCUT2D eigenvalue weighted by atomic mass is 10.1. The smallest absolute Gasteiger partial charge is 0.141 e. The van der Waals surface area contributed by atoms with E-state index in [1.54, 1.807) is 16.8 Å². The third-order valence-electron chi connectivity index (χ3n) is 3.36. The molecule has 3 nitrogen and oxygen atoms in total. The van der Waals surface area contributed by atoms with E-state index in [1.165, 1.54) is 6.07 Å². The van der Waals surface area contributed by atoms with Crippen molar-refractivity contribution < 1.29 is 4.39 Å². The minimum absolute atomic E-state index is 0.0692. The highest BCUT2D eigenvalue weighted by Crippen LogP contribution is 2.30. The van der Waals surface area contributed by atoms with Gasteiger partial charge in [0.1, 0.15) is 11.6 Å². The van der Waals surface area contributed by atoms with Crippen LogP contribution in [0.3, 0.4) is 0 Å². The Bertz CT molecular complexity index is 797. The zero-order valence-electron chi connectivity index (χ0n) is 11.3. The molecule has 1 aromatic heterocycles. The highest BCUT2D eigenvalue weighted by atomic mass is 35.5. The Morgan fingerprint density at radius 1 is 1.14 bits per heavy atom. The van der Waals surface area contributed by atoms with Crippen molar-refractivity contribution in [2.75, 3.05) is 5.73 Å². The quantitative estimate of drug-likeness (QED) is 0.770. The van der Waals surface area contributed by atoms with Crippen LogP contribution in [0.4, 0.5) is 10.2 Å².